The van der Waals surface area contributed by atoms with Gasteiger partial charge in [0.25, 0.3) is 0 Å². The van der Waals surface area contributed by atoms with Crippen molar-refractivity contribution in [1.82, 2.24) is 15.0 Å². The van der Waals surface area contributed by atoms with Gasteiger partial charge in [0.2, 0.25) is 0 Å². The predicted octanol–water partition coefficient (Wildman–Crippen LogP) is 2.69. The van der Waals surface area contributed by atoms with Crippen LogP contribution in [0.3, 0.4) is 0 Å². The van der Waals surface area contributed by atoms with E-state index < -0.39 is 0 Å². The smallest absolute Gasteiger partial charge is 0.123 e. The van der Waals surface area contributed by atoms with E-state index in [0.717, 1.165) is 33.8 Å². The second-order valence-corrected chi connectivity index (χ2v) is 5.20. The van der Waals surface area contributed by atoms with E-state index in [0.29, 0.717) is 6.54 Å². The Kier molecular flexibility index (Phi) is 3.65. The molecule has 1 aromatic heterocycles. The Balaban J connectivity index is 2.38. The molecule has 112 valence electrons. The minimum absolute atomic E-state index is 0.591. The number of hydrogen-bond acceptors (Lipinski definition) is 4. The Morgan fingerprint density at radius 2 is 2.09 bits per heavy atom. The van der Waals surface area contributed by atoms with E-state index in [4.69, 9.17) is 5.84 Å². The van der Waals surface area contributed by atoms with Crippen LogP contribution in [-0.2, 0) is 7.05 Å². The van der Waals surface area contributed by atoms with Gasteiger partial charge in [0.1, 0.15) is 5.69 Å². The lowest BCUT2D eigenvalue weighted by atomic mass is 9.96. The fourth-order valence-corrected chi connectivity index (χ4v) is 2.84. The number of benzene rings is 1. The number of nitrogens with two attached hydrogens (primary N) is 1. The van der Waals surface area contributed by atoms with Crippen molar-refractivity contribution in [1.29, 1.82) is 0 Å². The first-order valence-corrected chi connectivity index (χ1v) is 7.17. The van der Waals surface area contributed by atoms with Crippen molar-refractivity contribution in [3.8, 4) is 11.3 Å². The molecule has 2 N–H and O–H groups in total. The summed E-state index contributed by atoms with van der Waals surface area (Å²) >= 11 is 0. The fourth-order valence-electron chi connectivity index (χ4n) is 2.84. The van der Waals surface area contributed by atoms with Crippen LogP contribution in [0.4, 0.5) is 5.69 Å². The van der Waals surface area contributed by atoms with Crippen molar-refractivity contribution >= 4 is 11.3 Å². The Bertz CT molecular complexity index is 782. The van der Waals surface area contributed by atoms with Gasteiger partial charge in [-0.1, -0.05) is 48.2 Å². The number of para-hydroxylation sites is 1. The Hall–Kier alpha value is -2.66. The van der Waals surface area contributed by atoms with Gasteiger partial charge in [0, 0.05) is 18.2 Å². The zero-order valence-electron chi connectivity index (χ0n) is 12.8. The largest absolute Gasteiger partial charge is 0.306 e. The lowest BCUT2D eigenvalue weighted by Gasteiger charge is -2.26. The molecule has 0 radical (unpaired) electrons. The normalized spacial score (nSPS) is 17.9. The van der Waals surface area contributed by atoms with Gasteiger partial charge in [0.15, 0.2) is 0 Å². The van der Waals surface area contributed by atoms with Gasteiger partial charge in [0.05, 0.1) is 17.9 Å². The van der Waals surface area contributed by atoms with E-state index in [1.165, 1.54) is 0 Å². The summed E-state index contributed by atoms with van der Waals surface area (Å²) in [5.41, 5.74) is 5.79. The highest BCUT2D eigenvalue weighted by atomic mass is 15.4. The van der Waals surface area contributed by atoms with Crippen molar-refractivity contribution in [3.63, 3.8) is 0 Å². The Morgan fingerprint density at radius 1 is 1.32 bits per heavy atom. The average Bonchev–Trinajstić information content (AvgIpc) is 2.89. The fraction of sp³-hybridized carbons (Fsp3) is 0.176. The number of hydrogen-bond donors (Lipinski definition) is 1. The maximum Gasteiger partial charge on any atom is 0.123 e. The summed E-state index contributed by atoms with van der Waals surface area (Å²) in [6.07, 6.45) is 5.91. The number of aryl methyl sites for hydroxylation is 1. The monoisotopic (exact) mass is 293 g/mol. The summed E-state index contributed by atoms with van der Waals surface area (Å²) in [5, 5.41) is 10.3. The summed E-state index contributed by atoms with van der Waals surface area (Å²) < 4.78 is 1.79. The molecule has 1 aliphatic rings. The summed E-state index contributed by atoms with van der Waals surface area (Å²) in [5.74, 6) is 6.29. The van der Waals surface area contributed by atoms with E-state index in [9.17, 15) is 0 Å². The molecule has 22 heavy (non-hydrogen) atoms. The lowest BCUT2D eigenvalue weighted by molar-refractivity contribution is 0.707. The molecule has 2 aromatic rings. The zero-order valence-corrected chi connectivity index (χ0v) is 12.8. The van der Waals surface area contributed by atoms with Crippen LogP contribution in [0, 0.1) is 0 Å². The predicted molar refractivity (Wildman–Crippen MR) is 89.9 cm³/mol. The number of allylic oxidation sites excluding steroid dienone is 3. The highest BCUT2D eigenvalue weighted by Gasteiger charge is 2.24. The van der Waals surface area contributed by atoms with Crippen molar-refractivity contribution in [2.45, 2.75) is 6.92 Å². The van der Waals surface area contributed by atoms with Crippen LogP contribution in [0.1, 0.15) is 12.6 Å². The van der Waals surface area contributed by atoms with Gasteiger partial charge in [-0.25, -0.2) is 10.5 Å². The molecule has 5 heteroatoms. The topological polar surface area (TPSA) is 60.0 Å². The molecule has 0 unspecified atom stereocenters. The first kappa shape index (κ1) is 14.3. The molecule has 1 aliphatic heterocycles. The third kappa shape index (κ3) is 2.16. The molecule has 0 spiro atoms. The molecule has 0 aliphatic carbocycles. The van der Waals surface area contributed by atoms with Gasteiger partial charge in [-0.15, -0.1) is 5.10 Å². The highest BCUT2D eigenvalue weighted by Crippen LogP contribution is 2.37. The molecule has 1 aromatic carbocycles. The molecule has 0 bridgehead atoms. The Morgan fingerprint density at radius 3 is 2.82 bits per heavy atom. The Labute approximate surface area is 130 Å². The number of nitrogens with zero attached hydrogens (tertiary/aromatic N) is 4. The minimum Gasteiger partial charge on any atom is -0.306 e. The second kappa shape index (κ2) is 5.61. The molecule has 0 fully saturated rings. The second-order valence-electron chi connectivity index (χ2n) is 5.20. The quantitative estimate of drug-likeness (QED) is 0.865. The average molecular weight is 293 g/mol. The van der Waals surface area contributed by atoms with E-state index in [1.807, 2.05) is 50.4 Å². The minimum atomic E-state index is 0.591. The third-order valence-corrected chi connectivity index (χ3v) is 3.81. The van der Waals surface area contributed by atoms with Crippen molar-refractivity contribution < 1.29 is 0 Å². The zero-order chi connectivity index (χ0) is 15.7. The molecule has 0 saturated carbocycles. The lowest BCUT2D eigenvalue weighted by Crippen LogP contribution is -2.34. The molecular formula is C17H19N5. The van der Waals surface area contributed by atoms with E-state index in [1.54, 1.807) is 9.69 Å². The SMILES string of the molecule is C=C/C1=C(\C=C/C)CN(N)c2ccccc2-c2nnn(C)c21. The summed E-state index contributed by atoms with van der Waals surface area (Å²) in [4.78, 5) is 0. The standard InChI is InChI=1S/C17H19N5/c1-4-8-12-11-22(18)15-10-7-6-9-14(15)16-17(13(12)5-2)21(3)20-19-16/h4-10H,2,11,18H2,1,3H3/b8-4-,13-12-. The van der Waals surface area contributed by atoms with Crippen LogP contribution in [0.25, 0.3) is 16.8 Å². The number of rotatable bonds is 2. The first-order valence-electron chi connectivity index (χ1n) is 7.17. The maximum atomic E-state index is 6.29. The van der Waals surface area contributed by atoms with Crippen LogP contribution in [0.15, 0.2) is 54.6 Å². The van der Waals surface area contributed by atoms with Gasteiger partial charge in [-0.2, -0.15) is 0 Å². The number of anilines is 1. The van der Waals surface area contributed by atoms with Crippen LogP contribution >= 0.6 is 0 Å². The van der Waals surface area contributed by atoms with Crippen LogP contribution in [-0.4, -0.2) is 21.5 Å². The van der Waals surface area contributed by atoms with Crippen molar-refractivity contribution in [2.24, 2.45) is 12.9 Å². The van der Waals surface area contributed by atoms with Crippen LogP contribution < -0.4 is 10.9 Å². The van der Waals surface area contributed by atoms with E-state index in [2.05, 4.69) is 23.0 Å². The molecule has 2 heterocycles. The highest BCUT2D eigenvalue weighted by molar-refractivity contribution is 5.90. The molecular weight excluding hydrogens is 274 g/mol. The summed E-state index contributed by atoms with van der Waals surface area (Å²) in [7, 11) is 1.90. The number of aromatic nitrogens is 3. The van der Waals surface area contributed by atoms with Crippen molar-refractivity contribution in [2.75, 3.05) is 11.6 Å². The number of fused-ring (bicyclic) bond motifs is 3. The van der Waals surface area contributed by atoms with Gasteiger partial charge in [-0.3, -0.25) is 0 Å². The van der Waals surface area contributed by atoms with Crippen LogP contribution in [0.2, 0.25) is 0 Å². The van der Waals surface area contributed by atoms with Gasteiger partial charge < -0.3 is 5.01 Å². The van der Waals surface area contributed by atoms with Gasteiger partial charge >= 0.3 is 0 Å². The van der Waals surface area contributed by atoms with E-state index in [-0.39, 0.29) is 0 Å². The van der Waals surface area contributed by atoms with E-state index >= 15 is 0 Å². The molecule has 0 saturated heterocycles. The molecule has 0 atom stereocenters. The maximum absolute atomic E-state index is 6.29. The first-order chi connectivity index (χ1) is 10.7. The van der Waals surface area contributed by atoms with Gasteiger partial charge in [-0.05, 0) is 18.6 Å². The number of hydrazine groups is 1. The molecule has 3 rings (SSSR count). The summed E-state index contributed by atoms with van der Waals surface area (Å²) in [6.45, 7) is 6.55. The molecule has 5 nitrogen and oxygen atoms in total. The third-order valence-electron chi connectivity index (χ3n) is 3.81. The summed E-state index contributed by atoms with van der Waals surface area (Å²) in [6, 6.07) is 7.98. The molecule has 0 amide bonds. The van der Waals surface area contributed by atoms with Crippen molar-refractivity contribution in [3.05, 3.63) is 60.3 Å². The van der Waals surface area contributed by atoms with Crippen LogP contribution in [0.5, 0.6) is 0 Å².